The molecule has 0 aliphatic heterocycles. The van der Waals surface area contributed by atoms with Crippen LogP contribution in [-0.4, -0.2) is 13.0 Å². The average Bonchev–Trinajstić information content (AvgIpc) is 2.41. The number of nitrogens with zero attached hydrogens (tertiary/aromatic N) is 1. The fraction of sp³-hybridized carbons (Fsp3) is 0.133. The third-order valence-electron chi connectivity index (χ3n) is 2.97. The molecule has 0 aromatic heterocycles. The van der Waals surface area contributed by atoms with Crippen LogP contribution in [0.2, 0.25) is 0 Å². The van der Waals surface area contributed by atoms with E-state index in [-0.39, 0.29) is 5.91 Å². The quantitative estimate of drug-likeness (QED) is 0.860. The van der Waals surface area contributed by atoms with E-state index in [2.05, 4.69) is 15.9 Å². The van der Waals surface area contributed by atoms with Gasteiger partial charge in [0.1, 0.15) is 0 Å². The maximum absolute atomic E-state index is 12.3. The maximum atomic E-state index is 12.3. The van der Waals surface area contributed by atoms with Crippen molar-refractivity contribution in [3.05, 3.63) is 58.1 Å². The molecule has 0 fully saturated rings. The standard InChI is InChI=1S/C15H15BrN2O/c1-10-3-6-12(7-4-10)18(2)15(19)11-5-8-13(16)14(17)9-11/h3-9H,17H2,1-2H3. The van der Waals surface area contributed by atoms with Gasteiger partial charge in [0.25, 0.3) is 5.91 Å². The Labute approximate surface area is 121 Å². The highest BCUT2D eigenvalue weighted by molar-refractivity contribution is 9.10. The van der Waals surface area contributed by atoms with Gasteiger partial charge in [-0.2, -0.15) is 0 Å². The molecule has 0 atom stereocenters. The first kappa shape index (κ1) is 13.6. The molecule has 98 valence electrons. The van der Waals surface area contributed by atoms with Crippen LogP contribution in [0.15, 0.2) is 46.9 Å². The van der Waals surface area contributed by atoms with Gasteiger partial charge in [-0.05, 0) is 53.2 Å². The lowest BCUT2D eigenvalue weighted by molar-refractivity contribution is 0.0993. The highest BCUT2D eigenvalue weighted by atomic mass is 79.9. The van der Waals surface area contributed by atoms with Crippen LogP contribution in [0.3, 0.4) is 0 Å². The Kier molecular flexibility index (Phi) is 3.90. The number of carbonyl (C=O) groups excluding carboxylic acids is 1. The molecule has 3 nitrogen and oxygen atoms in total. The first-order chi connectivity index (χ1) is 8.99. The van der Waals surface area contributed by atoms with Crippen LogP contribution >= 0.6 is 15.9 Å². The molecule has 0 heterocycles. The molecule has 2 rings (SSSR count). The summed E-state index contributed by atoms with van der Waals surface area (Å²) in [7, 11) is 1.76. The van der Waals surface area contributed by atoms with Gasteiger partial charge in [-0.1, -0.05) is 17.7 Å². The number of hydrogen-bond donors (Lipinski definition) is 1. The first-order valence-corrected chi connectivity index (χ1v) is 6.68. The first-order valence-electron chi connectivity index (χ1n) is 5.89. The van der Waals surface area contributed by atoms with Gasteiger partial charge in [0.05, 0.1) is 0 Å². The molecule has 0 saturated carbocycles. The number of nitrogen functional groups attached to an aromatic ring is 1. The van der Waals surface area contributed by atoms with E-state index in [4.69, 9.17) is 5.73 Å². The van der Waals surface area contributed by atoms with Crippen LogP contribution in [0.4, 0.5) is 11.4 Å². The monoisotopic (exact) mass is 318 g/mol. The molecular formula is C15H15BrN2O. The Morgan fingerprint density at radius 1 is 1.16 bits per heavy atom. The number of anilines is 2. The molecular weight excluding hydrogens is 304 g/mol. The second-order valence-electron chi connectivity index (χ2n) is 4.44. The lowest BCUT2D eigenvalue weighted by Crippen LogP contribution is -2.26. The van der Waals surface area contributed by atoms with Crippen molar-refractivity contribution in [2.45, 2.75) is 6.92 Å². The van der Waals surface area contributed by atoms with E-state index >= 15 is 0 Å². The summed E-state index contributed by atoms with van der Waals surface area (Å²) in [6.07, 6.45) is 0. The zero-order chi connectivity index (χ0) is 14.0. The lowest BCUT2D eigenvalue weighted by Gasteiger charge is -2.18. The van der Waals surface area contributed by atoms with Crippen molar-refractivity contribution >= 4 is 33.2 Å². The van der Waals surface area contributed by atoms with Crippen molar-refractivity contribution in [1.29, 1.82) is 0 Å². The van der Waals surface area contributed by atoms with Crippen LogP contribution in [0, 0.1) is 6.92 Å². The predicted molar refractivity (Wildman–Crippen MR) is 82.5 cm³/mol. The minimum Gasteiger partial charge on any atom is -0.398 e. The molecule has 0 bridgehead atoms. The molecule has 0 aliphatic carbocycles. The van der Waals surface area contributed by atoms with Gasteiger partial charge in [0, 0.05) is 28.5 Å². The number of halogens is 1. The number of aryl methyl sites for hydroxylation is 1. The molecule has 0 aliphatic rings. The van der Waals surface area contributed by atoms with E-state index < -0.39 is 0 Å². The number of amides is 1. The van der Waals surface area contributed by atoms with Gasteiger partial charge in [-0.25, -0.2) is 0 Å². The molecule has 0 spiro atoms. The second-order valence-corrected chi connectivity index (χ2v) is 5.29. The molecule has 0 unspecified atom stereocenters. The SMILES string of the molecule is Cc1ccc(N(C)C(=O)c2ccc(Br)c(N)c2)cc1. The van der Waals surface area contributed by atoms with E-state index in [1.165, 1.54) is 0 Å². The third-order valence-corrected chi connectivity index (χ3v) is 3.69. The Hall–Kier alpha value is -1.81. The van der Waals surface area contributed by atoms with Gasteiger partial charge in [-0.15, -0.1) is 0 Å². The zero-order valence-electron chi connectivity index (χ0n) is 10.9. The Morgan fingerprint density at radius 2 is 1.79 bits per heavy atom. The van der Waals surface area contributed by atoms with Crippen LogP contribution in [0.25, 0.3) is 0 Å². The van der Waals surface area contributed by atoms with E-state index in [0.717, 1.165) is 15.7 Å². The van der Waals surface area contributed by atoms with E-state index in [0.29, 0.717) is 11.3 Å². The highest BCUT2D eigenvalue weighted by Crippen LogP contribution is 2.22. The summed E-state index contributed by atoms with van der Waals surface area (Å²) in [6, 6.07) is 13.0. The highest BCUT2D eigenvalue weighted by Gasteiger charge is 2.14. The van der Waals surface area contributed by atoms with Gasteiger partial charge in [0.2, 0.25) is 0 Å². The van der Waals surface area contributed by atoms with Gasteiger partial charge < -0.3 is 10.6 Å². The predicted octanol–water partition coefficient (Wildman–Crippen LogP) is 3.62. The van der Waals surface area contributed by atoms with E-state index in [9.17, 15) is 4.79 Å². The zero-order valence-corrected chi connectivity index (χ0v) is 12.4. The number of carbonyl (C=O) groups is 1. The normalized spacial score (nSPS) is 10.3. The van der Waals surface area contributed by atoms with Crippen molar-refractivity contribution in [2.24, 2.45) is 0 Å². The van der Waals surface area contributed by atoms with Crippen molar-refractivity contribution in [3.63, 3.8) is 0 Å². The fourth-order valence-electron chi connectivity index (χ4n) is 1.76. The largest absolute Gasteiger partial charge is 0.398 e. The summed E-state index contributed by atoms with van der Waals surface area (Å²) in [5.41, 5.74) is 8.95. The minimum absolute atomic E-state index is 0.0805. The Bertz CT molecular complexity index is 608. The van der Waals surface area contributed by atoms with Gasteiger partial charge in [-0.3, -0.25) is 4.79 Å². The van der Waals surface area contributed by atoms with Crippen molar-refractivity contribution < 1.29 is 4.79 Å². The molecule has 0 saturated heterocycles. The minimum atomic E-state index is -0.0805. The smallest absolute Gasteiger partial charge is 0.258 e. The lowest BCUT2D eigenvalue weighted by atomic mass is 10.1. The molecule has 2 aromatic carbocycles. The van der Waals surface area contributed by atoms with E-state index in [1.54, 1.807) is 30.1 Å². The molecule has 1 amide bonds. The molecule has 4 heteroatoms. The summed E-state index contributed by atoms with van der Waals surface area (Å²) in [5, 5.41) is 0. The summed E-state index contributed by atoms with van der Waals surface area (Å²) in [6.45, 7) is 2.01. The Balaban J connectivity index is 2.28. The van der Waals surface area contributed by atoms with Gasteiger partial charge >= 0.3 is 0 Å². The van der Waals surface area contributed by atoms with Crippen LogP contribution < -0.4 is 10.6 Å². The van der Waals surface area contributed by atoms with Crippen molar-refractivity contribution in [2.75, 3.05) is 17.7 Å². The number of benzene rings is 2. The fourth-order valence-corrected chi connectivity index (χ4v) is 2.00. The Morgan fingerprint density at radius 3 is 2.37 bits per heavy atom. The van der Waals surface area contributed by atoms with Crippen molar-refractivity contribution in [1.82, 2.24) is 0 Å². The summed E-state index contributed by atoms with van der Waals surface area (Å²) in [5.74, 6) is -0.0805. The van der Waals surface area contributed by atoms with Crippen LogP contribution in [0.5, 0.6) is 0 Å². The number of rotatable bonds is 2. The maximum Gasteiger partial charge on any atom is 0.258 e. The van der Waals surface area contributed by atoms with Gasteiger partial charge in [0.15, 0.2) is 0 Å². The molecule has 2 N–H and O–H groups in total. The number of nitrogens with two attached hydrogens (primary N) is 1. The van der Waals surface area contributed by atoms with Crippen molar-refractivity contribution in [3.8, 4) is 0 Å². The van der Waals surface area contributed by atoms with Crippen LogP contribution in [-0.2, 0) is 0 Å². The van der Waals surface area contributed by atoms with E-state index in [1.807, 2.05) is 31.2 Å². The second kappa shape index (κ2) is 5.45. The van der Waals surface area contributed by atoms with Crippen LogP contribution in [0.1, 0.15) is 15.9 Å². The average molecular weight is 319 g/mol. The topological polar surface area (TPSA) is 46.3 Å². The molecule has 0 radical (unpaired) electrons. The third kappa shape index (κ3) is 2.96. The number of hydrogen-bond acceptors (Lipinski definition) is 2. The summed E-state index contributed by atoms with van der Waals surface area (Å²) < 4.78 is 0.794. The molecule has 19 heavy (non-hydrogen) atoms. The molecule has 2 aromatic rings. The summed E-state index contributed by atoms with van der Waals surface area (Å²) in [4.78, 5) is 14.0. The summed E-state index contributed by atoms with van der Waals surface area (Å²) >= 11 is 3.32.